The molecule has 0 spiro atoms. The summed E-state index contributed by atoms with van der Waals surface area (Å²) in [5.41, 5.74) is 0. The zero-order valence-electron chi connectivity index (χ0n) is 11.5. The van der Waals surface area contributed by atoms with Crippen molar-refractivity contribution in [2.45, 2.75) is 50.2 Å². The zero-order chi connectivity index (χ0) is 15.7. The fourth-order valence-electron chi connectivity index (χ4n) is 2.96. The number of amides is 1. The molecule has 1 saturated heterocycles. The smallest absolute Gasteiger partial charge is 0.354 e. The molecular weight excluding hydrogens is 295 g/mol. The van der Waals surface area contributed by atoms with Crippen LogP contribution in [0.15, 0.2) is 0 Å². The molecule has 0 aromatic heterocycles. The van der Waals surface area contributed by atoms with Crippen molar-refractivity contribution in [3.63, 3.8) is 0 Å². The number of hydrogen-bond donors (Lipinski definition) is 2. The summed E-state index contributed by atoms with van der Waals surface area (Å²) < 4.78 is 63.4. The van der Waals surface area contributed by atoms with Gasteiger partial charge in [-0.3, -0.25) is 10.1 Å². The molecule has 2 rings (SSSR count). The molecule has 1 heterocycles. The molecule has 1 atom stereocenters. The summed E-state index contributed by atoms with van der Waals surface area (Å²) >= 11 is 0. The van der Waals surface area contributed by atoms with E-state index in [4.69, 9.17) is 0 Å². The van der Waals surface area contributed by atoms with E-state index in [9.17, 15) is 26.7 Å². The lowest BCUT2D eigenvalue weighted by Gasteiger charge is -2.30. The van der Waals surface area contributed by atoms with Crippen LogP contribution in [0.3, 0.4) is 0 Å². The third-order valence-electron chi connectivity index (χ3n) is 4.30. The molecule has 8 heteroatoms. The van der Waals surface area contributed by atoms with Gasteiger partial charge in [-0.25, -0.2) is 8.78 Å². The Kier molecular flexibility index (Phi) is 4.75. The Bertz CT molecular complexity index is 377. The molecule has 0 aromatic rings. The molecule has 1 unspecified atom stereocenters. The minimum atomic E-state index is -4.15. The number of carbonyl (C=O) groups is 1. The van der Waals surface area contributed by atoms with Gasteiger partial charge in [-0.15, -0.1) is 0 Å². The summed E-state index contributed by atoms with van der Waals surface area (Å²) in [6.45, 7) is -0.255. The van der Waals surface area contributed by atoms with Gasteiger partial charge in [0.25, 0.3) is 5.92 Å². The monoisotopic (exact) mass is 314 g/mol. The largest absolute Gasteiger partial charge is 0.391 e. The molecule has 3 nitrogen and oxygen atoms in total. The molecule has 1 saturated carbocycles. The van der Waals surface area contributed by atoms with Crippen LogP contribution in [0, 0.1) is 11.8 Å². The van der Waals surface area contributed by atoms with Gasteiger partial charge in [0.2, 0.25) is 5.91 Å². The fourth-order valence-corrected chi connectivity index (χ4v) is 2.96. The van der Waals surface area contributed by atoms with E-state index in [1.54, 1.807) is 0 Å². The van der Waals surface area contributed by atoms with Crippen LogP contribution in [0.4, 0.5) is 22.0 Å². The van der Waals surface area contributed by atoms with Gasteiger partial charge in [-0.05, 0) is 31.6 Å². The lowest BCUT2D eigenvalue weighted by molar-refractivity contribution is -0.183. The first-order chi connectivity index (χ1) is 9.67. The van der Waals surface area contributed by atoms with E-state index in [2.05, 4.69) is 10.6 Å². The van der Waals surface area contributed by atoms with Crippen LogP contribution in [-0.4, -0.2) is 37.1 Å². The van der Waals surface area contributed by atoms with E-state index in [-0.39, 0.29) is 25.3 Å². The molecule has 0 bridgehead atoms. The predicted molar refractivity (Wildman–Crippen MR) is 65.9 cm³/mol. The van der Waals surface area contributed by atoms with Crippen molar-refractivity contribution < 1.29 is 26.7 Å². The topological polar surface area (TPSA) is 41.1 Å². The second-order valence-corrected chi connectivity index (χ2v) is 6.00. The van der Waals surface area contributed by atoms with E-state index < -0.39 is 42.9 Å². The number of halogens is 5. The standard InChI is InChI=1S/C13H19F5N2O/c14-12(15)5-10(20-7-12)11(21)19-6-8-1-3-9(4-2-8)13(16,17)18/h8-10,20H,1-7H2,(H,19,21). The van der Waals surface area contributed by atoms with Gasteiger partial charge in [-0.1, -0.05) is 0 Å². The van der Waals surface area contributed by atoms with Gasteiger partial charge < -0.3 is 5.32 Å². The van der Waals surface area contributed by atoms with Crippen LogP contribution in [0.1, 0.15) is 32.1 Å². The molecule has 122 valence electrons. The normalized spacial score (nSPS) is 32.9. The molecule has 1 amide bonds. The number of hydrogen-bond acceptors (Lipinski definition) is 2. The SMILES string of the molecule is O=C(NCC1CCC(C(F)(F)F)CC1)C1CC(F)(F)CN1. The second kappa shape index (κ2) is 6.06. The second-order valence-electron chi connectivity index (χ2n) is 6.00. The Morgan fingerprint density at radius 1 is 1.19 bits per heavy atom. The van der Waals surface area contributed by atoms with Gasteiger partial charge in [0.05, 0.1) is 18.5 Å². The maximum absolute atomic E-state index is 13.0. The molecule has 0 aromatic carbocycles. The highest BCUT2D eigenvalue weighted by Crippen LogP contribution is 2.39. The quantitative estimate of drug-likeness (QED) is 0.786. The van der Waals surface area contributed by atoms with E-state index in [1.807, 2.05) is 0 Å². The molecule has 2 N–H and O–H groups in total. The molecular formula is C13H19F5N2O. The highest BCUT2D eigenvalue weighted by molar-refractivity contribution is 5.82. The lowest BCUT2D eigenvalue weighted by atomic mass is 9.81. The van der Waals surface area contributed by atoms with Gasteiger partial charge in [0.1, 0.15) is 0 Å². The number of nitrogens with one attached hydrogen (secondary N) is 2. The van der Waals surface area contributed by atoms with Gasteiger partial charge >= 0.3 is 6.18 Å². The van der Waals surface area contributed by atoms with Crippen molar-refractivity contribution in [2.75, 3.05) is 13.1 Å². The van der Waals surface area contributed by atoms with Crippen molar-refractivity contribution in [1.29, 1.82) is 0 Å². The Morgan fingerprint density at radius 3 is 2.29 bits per heavy atom. The fraction of sp³-hybridized carbons (Fsp3) is 0.923. The molecule has 2 fully saturated rings. The third-order valence-corrected chi connectivity index (χ3v) is 4.30. The highest BCUT2D eigenvalue weighted by Gasteiger charge is 2.43. The first-order valence-electron chi connectivity index (χ1n) is 7.13. The Balaban J connectivity index is 1.69. The van der Waals surface area contributed by atoms with Crippen LogP contribution in [0.25, 0.3) is 0 Å². The van der Waals surface area contributed by atoms with E-state index in [1.165, 1.54) is 0 Å². The number of alkyl halides is 5. The first kappa shape index (κ1) is 16.5. The van der Waals surface area contributed by atoms with Crippen LogP contribution in [0.2, 0.25) is 0 Å². The Hall–Kier alpha value is -0.920. The summed E-state index contributed by atoms with van der Waals surface area (Å²) in [5.74, 6) is -4.62. The van der Waals surface area contributed by atoms with Crippen LogP contribution in [0.5, 0.6) is 0 Å². The summed E-state index contributed by atoms with van der Waals surface area (Å²) in [6.07, 6.45) is -3.72. The van der Waals surface area contributed by atoms with E-state index in [0.29, 0.717) is 12.8 Å². The summed E-state index contributed by atoms with van der Waals surface area (Å²) in [6, 6.07) is -0.911. The van der Waals surface area contributed by atoms with Crippen molar-refractivity contribution in [3.8, 4) is 0 Å². The number of carbonyl (C=O) groups excluding carboxylic acids is 1. The average molecular weight is 314 g/mol. The molecule has 1 aliphatic heterocycles. The van der Waals surface area contributed by atoms with Crippen molar-refractivity contribution >= 4 is 5.91 Å². The third kappa shape index (κ3) is 4.52. The van der Waals surface area contributed by atoms with Crippen molar-refractivity contribution in [1.82, 2.24) is 10.6 Å². The summed E-state index contributed by atoms with van der Waals surface area (Å²) in [7, 11) is 0. The van der Waals surface area contributed by atoms with Gasteiger partial charge in [0.15, 0.2) is 0 Å². The molecule has 21 heavy (non-hydrogen) atoms. The van der Waals surface area contributed by atoms with E-state index in [0.717, 1.165) is 0 Å². The van der Waals surface area contributed by atoms with E-state index >= 15 is 0 Å². The maximum atomic E-state index is 13.0. The zero-order valence-corrected chi connectivity index (χ0v) is 11.5. The lowest BCUT2D eigenvalue weighted by Crippen LogP contribution is -2.43. The predicted octanol–water partition coefficient (Wildman–Crippen LogP) is 2.47. The number of rotatable bonds is 3. The minimum absolute atomic E-state index is 0.00513. The minimum Gasteiger partial charge on any atom is -0.354 e. The first-order valence-corrected chi connectivity index (χ1v) is 7.13. The summed E-state index contributed by atoms with van der Waals surface area (Å²) in [4.78, 5) is 11.7. The van der Waals surface area contributed by atoms with Crippen LogP contribution in [-0.2, 0) is 4.79 Å². The summed E-state index contributed by atoms with van der Waals surface area (Å²) in [5, 5.41) is 5.02. The van der Waals surface area contributed by atoms with Crippen molar-refractivity contribution in [2.24, 2.45) is 11.8 Å². The molecule has 2 aliphatic rings. The average Bonchev–Trinajstić information content (AvgIpc) is 2.76. The molecule has 0 radical (unpaired) electrons. The maximum Gasteiger partial charge on any atom is 0.391 e. The van der Waals surface area contributed by atoms with Crippen molar-refractivity contribution in [3.05, 3.63) is 0 Å². The van der Waals surface area contributed by atoms with Gasteiger partial charge in [0, 0.05) is 13.0 Å². The Labute approximate surface area is 119 Å². The van der Waals surface area contributed by atoms with Crippen LogP contribution >= 0.6 is 0 Å². The molecule has 1 aliphatic carbocycles. The van der Waals surface area contributed by atoms with Gasteiger partial charge in [-0.2, -0.15) is 13.2 Å². The Morgan fingerprint density at radius 2 is 1.81 bits per heavy atom. The van der Waals surface area contributed by atoms with Crippen LogP contribution < -0.4 is 10.6 Å². The highest BCUT2D eigenvalue weighted by atomic mass is 19.4.